The van der Waals surface area contributed by atoms with Crippen molar-refractivity contribution in [2.75, 3.05) is 5.32 Å². The Bertz CT molecular complexity index is 2140. The summed E-state index contributed by atoms with van der Waals surface area (Å²) in [7, 11) is 0. The van der Waals surface area contributed by atoms with Crippen LogP contribution in [-0.4, -0.2) is 0 Å². The van der Waals surface area contributed by atoms with Crippen LogP contribution in [0, 0.1) is 0 Å². The van der Waals surface area contributed by atoms with Crippen LogP contribution >= 0.6 is 0 Å². The Balaban J connectivity index is 1.30. The number of furan rings is 1. The first-order valence-corrected chi connectivity index (χ1v) is 12.9. The highest BCUT2D eigenvalue weighted by Gasteiger charge is 2.15. The summed E-state index contributed by atoms with van der Waals surface area (Å²) in [6.07, 6.45) is 0. The monoisotopic (exact) mass is 485 g/mol. The van der Waals surface area contributed by atoms with E-state index in [-0.39, 0.29) is 0 Å². The van der Waals surface area contributed by atoms with Crippen LogP contribution in [0.1, 0.15) is 0 Å². The van der Waals surface area contributed by atoms with Gasteiger partial charge in [-0.3, -0.25) is 0 Å². The molecule has 1 heterocycles. The fraction of sp³-hybridized carbons (Fsp3) is 0. The van der Waals surface area contributed by atoms with Gasteiger partial charge >= 0.3 is 0 Å². The van der Waals surface area contributed by atoms with Gasteiger partial charge in [0.1, 0.15) is 5.58 Å². The molecule has 1 aromatic heterocycles. The van der Waals surface area contributed by atoms with Crippen molar-refractivity contribution in [1.29, 1.82) is 0 Å². The van der Waals surface area contributed by atoms with Gasteiger partial charge in [-0.05, 0) is 73.8 Å². The van der Waals surface area contributed by atoms with Crippen molar-refractivity contribution >= 4 is 65.6 Å². The van der Waals surface area contributed by atoms with Crippen LogP contribution in [0.5, 0.6) is 0 Å². The number of hydrogen-bond acceptors (Lipinski definition) is 2. The van der Waals surface area contributed by atoms with E-state index >= 15 is 0 Å². The van der Waals surface area contributed by atoms with E-state index in [1.165, 1.54) is 43.4 Å². The van der Waals surface area contributed by atoms with Crippen LogP contribution in [0.3, 0.4) is 0 Å². The summed E-state index contributed by atoms with van der Waals surface area (Å²) in [5, 5.41) is 13.4. The first-order valence-electron chi connectivity index (χ1n) is 12.9. The van der Waals surface area contributed by atoms with Crippen molar-refractivity contribution in [3.8, 4) is 11.1 Å². The lowest BCUT2D eigenvalue weighted by molar-refractivity contribution is 0.670. The summed E-state index contributed by atoms with van der Waals surface area (Å²) in [4.78, 5) is 0. The van der Waals surface area contributed by atoms with Gasteiger partial charge in [0.05, 0.1) is 5.69 Å². The highest BCUT2D eigenvalue weighted by molar-refractivity contribution is 6.28. The van der Waals surface area contributed by atoms with Crippen molar-refractivity contribution < 1.29 is 4.42 Å². The maximum Gasteiger partial charge on any atom is 0.158 e. The van der Waals surface area contributed by atoms with Crippen molar-refractivity contribution in [3.63, 3.8) is 0 Å². The lowest BCUT2D eigenvalue weighted by Gasteiger charge is -2.10. The number of para-hydroxylation sites is 1. The van der Waals surface area contributed by atoms with Crippen LogP contribution in [0.15, 0.2) is 138 Å². The van der Waals surface area contributed by atoms with Crippen LogP contribution in [0.4, 0.5) is 11.4 Å². The highest BCUT2D eigenvalue weighted by Crippen LogP contribution is 2.41. The molecular formula is C36H23NO. The molecule has 0 bridgehead atoms. The molecule has 7 aromatic carbocycles. The van der Waals surface area contributed by atoms with Crippen molar-refractivity contribution in [2.45, 2.75) is 0 Å². The number of fused-ring (bicyclic) bond motifs is 9. The fourth-order valence-electron chi connectivity index (χ4n) is 5.83. The molecule has 8 aromatic rings. The Morgan fingerprint density at radius 2 is 0.947 bits per heavy atom. The molecule has 0 saturated heterocycles. The molecule has 0 aliphatic heterocycles. The second-order valence-electron chi connectivity index (χ2n) is 9.84. The zero-order valence-electron chi connectivity index (χ0n) is 20.6. The van der Waals surface area contributed by atoms with E-state index in [9.17, 15) is 0 Å². The standard InChI is InChI=1S/C36H23NO/c1-2-9-23(10-3-1)24-17-19-25(20-18-24)37-34-16-8-15-30-33-21-31-28-13-6-4-11-26(28)27-12-5-7-14-29(27)32(31)22-35(33)38-36(30)34/h1-22,37H. The Labute approximate surface area is 219 Å². The summed E-state index contributed by atoms with van der Waals surface area (Å²) in [6.45, 7) is 0. The van der Waals surface area contributed by atoms with Crippen LogP contribution in [0.2, 0.25) is 0 Å². The molecule has 0 fully saturated rings. The van der Waals surface area contributed by atoms with E-state index in [2.05, 4.69) is 133 Å². The number of rotatable bonds is 3. The number of benzene rings is 7. The quantitative estimate of drug-likeness (QED) is 0.252. The van der Waals surface area contributed by atoms with Gasteiger partial charge in [-0.15, -0.1) is 0 Å². The highest BCUT2D eigenvalue weighted by atomic mass is 16.3. The lowest BCUT2D eigenvalue weighted by Crippen LogP contribution is -1.90. The third-order valence-corrected chi connectivity index (χ3v) is 7.63. The average molecular weight is 486 g/mol. The number of nitrogens with one attached hydrogen (secondary N) is 1. The molecule has 0 unspecified atom stereocenters. The molecule has 0 saturated carbocycles. The molecule has 0 aliphatic rings. The van der Waals surface area contributed by atoms with E-state index in [0.717, 1.165) is 33.3 Å². The Morgan fingerprint density at radius 1 is 0.395 bits per heavy atom. The molecule has 1 N–H and O–H groups in total. The van der Waals surface area contributed by atoms with Gasteiger partial charge in [0.25, 0.3) is 0 Å². The summed E-state index contributed by atoms with van der Waals surface area (Å²) in [5.74, 6) is 0. The largest absolute Gasteiger partial charge is 0.454 e. The van der Waals surface area contributed by atoms with Crippen LogP contribution in [-0.2, 0) is 0 Å². The van der Waals surface area contributed by atoms with E-state index in [1.54, 1.807) is 0 Å². The van der Waals surface area contributed by atoms with Gasteiger partial charge in [0.15, 0.2) is 5.58 Å². The predicted octanol–water partition coefficient (Wildman–Crippen LogP) is 10.5. The molecule has 0 radical (unpaired) electrons. The molecule has 2 nitrogen and oxygen atoms in total. The summed E-state index contributed by atoms with van der Waals surface area (Å²) < 4.78 is 6.56. The third-order valence-electron chi connectivity index (χ3n) is 7.63. The van der Waals surface area contributed by atoms with Crippen LogP contribution < -0.4 is 5.32 Å². The second-order valence-corrected chi connectivity index (χ2v) is 9.84. The first-order chi connectivity index (χ1) is 18.8. The summed E-state index contributed by atoms with van der Waals surface area (Å²) in [6, 6.07) is 47.2. The third kappa shape index (κ3) is 3.21. The van der Waals surface area contributed by atoms with Crippen molar-refractivity contribution in [3.05, 3.63) is 133 Å². The zero-order chi connectivity index (χ0) is 25.1. The molecule has 0 amide bonds. The van der Waals surface area contributed by atoms with Gasteiger partial charge in [-0.2, -0.15) is 0 Å². The minimum absolute atomic E-state index is 0.874. The van der Waals surface area contributed by atoms with E-state index in [1.807, 2.05) is 6.07 Å². The minimum Gasteiger partial charge on any atom is -0.454 e. The molecule has 0 atom stereocenters. The summed E-state index contributed by atoms with van der Waals surface area (Å²) >= 11 is 0. The van der Waals surface area contributed by atoms with Crippen LogP contribution in [0.25, 0.3) is 65.4 Å². The number of anilines is 2. The van der Waals surface area contributed by atoms with Crippen molar-refractivity contribution in [1.82, 2.24) is 0 Å². The fourth-order valence-corrected chi connectivity index (χ4v) is 5.83. The second kappa shape index (κ2) is 8.22. The summed E-state index contributed by atoms with van der Waals surface area (Å²) in [5.41, 5.74) is 6.18. The van der Waals surface area contributed by atoms with E-state index in [0.29, 0.717) is 0 Å². The van der Waals surface area contributed by atoms with E-state index < -0.39 is 0 Å². The zero-order valence-corrected chi connectivity index (χ0v) is 20.6. The molecular weight excluding hydrogens is 462 g/mol. The molecule has 0 spiro atoms. The average Bonchev–Trinajstić information content (AvgIpc) is 3.36. The number of hydrogen-bond donors (Lipinski definition) is 1. The molecule has 0 aliphatic carbocycles. The maximum atomic E-state index is 6.56. The topological polar surface area (TPSA) is 25.2 Å². The predicted molar refractivity (Wildman–Crippen MR) is 161 cm³/mol. The van der Waals surface area contributed by atoms with Gasteiger partial charge in [0, 0.05) is 16.5 Å². The molecule has 178 valence electrons. The minimum atomic E-state index is 0.874. The smallest absolute Gasteiger partial charge is 0.158 e. The van der Waals surface area contributed by atoms with Crippen molar-refractivity contribution in [2.24, 2.45) is 0 Å². The Hall–Kier alpha value is -5.08. The molecule has 8 rings (SSSR count). The Kier molecular flexibility index (Phi) is 4.55. The van der Waals surface area contributed by atoms with E-state index in [4.69, 9.17) is 4.42 Å². The maximum absolute atomic E-state index is 6.56. The van der Waals surface area contributed by atoms with Gasteiger partial charge in [-0.1, -0.05) is 103 Å². The normalized spacial score (nSPS) is 11.7. The lowest BCUT2D eigenvalue weighted by atomic mass is 9.93. The molecule has 2 heteroatoms. The van der Waals surface area contributed by atoms with Gasteiger partial charge < -0.3 is 9.73 Å². The SMILES string of the molecule is c1ccc(-c2ccc(Nc3cccc4c3oc3cc5c6ccccc6c6ccccc6c5cc34)cc2)cc1. The molecule has 38 heavy (non-hydrogen) atoms. The van der Waals surface area contributed by atoms with Gasteiger partial charge in [-0.25, -0.2) is 0 Å². The first kappa shape index (κ1) is 21.0. The Morgan fingerprint density at radius 3 is 1.63 bits per heavy atom. The van der Waals surface area contributed by atoms with Gasteiger partial charge in [0.2, 0.25) is 0 Å².